The Labute approximate surface area is 314 Å². The first-order valence-corrected chi connectivity index (χ1v) is 17.6. The third-order valence-corrected chi connectivity index (χ3v) is 7.25. The molecule has 0 aromatic heterocycles. The maximum atomic E-state index is 10.5. The normalized spacial score (nSPS) is 15.8. The highest BCUT2D eigenvalue weighted by Gasteiger charge is 2.25. The molecule has 0 rings (SSSR count). The second-order valence-corrected chi connectivity index (χ2v) is 14.4. The van der Waals surface area contributed by atoms with Gasteiger partial charge in [0, 0.05) is 0 Å². The van der Waals surface area contributed by atoms with E-state index in [1.165, 1.54) is 13.8 Å². The van der Waals surface area contributed by atoms with E-state index in [-0.39, 0.29) is 67.9 Å². The van der Waals surface area contributed by atoms with Gasteiger partial charge in [-0.15, -0.1) is 0 Å². The molecule has 3 unspecified atom stereocenters. The number of primary amides is 1. The number of hydrogen-bond donors (Lipinski definition) is 12. The lowest BCUT2D eigenvalue weighted by molar-refractivity contribution is -0.133. The molecule has 0 radical (unpaired) electrons. The van der Waals surface area contributed by atoms with Crippen LogP contribution in [-0.2, 0) is 14.4 Å². The molecule has 0 aromatic carbocycles. The molecule has 320 valence electrons. The summed E-state index contributed by atoms with van der Waals surface area (Å²) in [6.07, 6.45) is -7.12. The Morgan fingerprint density at radius 1 is 0.442 bits per heavy atom. The van der Waals surface area contributed by atoms with Crippen LogP contribution in [0.5, 0.6) is 0 Å². The maximum absolute atomic E-state index is 10.5. The summed E-state index contributed by atoms with van der Waals surface area (Å²) in [7, 11) is 0. The van der Waals surface area contributed by atoms with Crippen LogP contribution < -0.4 is 5.73 Å². The van der Waals surface area contributed by atoms with Crippen molar-refractivity contribution in [1.29, 1.82) is 0 Å². The van der Waals surface area contributed by atoms with Gasteiger partial charge in [0.15, 0.2) is 17.7 Å². The van der Waals surface area contributed by atoms with E-state index in [1.807, 2.05) is 48.5 Å². The first-order chi connectivity index (χ1) is 22.9. The van der Waals surface area contributed by atoms with Crippen molar-refractivity contribution in [2.24, 2.45) is 41.2 Å². The molecule has 13 N–H and O–H groups in total. The van der Waals surface area contributed by atoms with E-state index < -0.39 is 54.7 Å². The molecule has 0 fully saturated rings. The number of aliphatic hydroxyl groups is 11. The molecular formula is C37H83NO14. The van der Waals surface area contributed by atoms with Gasteiger partial charge in [-0.1, -0.05) is 97.4 Å². The summed E-state index contributed by atoms with van der Waals surface area (Å²) < 4.78 is 0. The van der Waals surface area contributed by atoms with Gasteiger partial charge >= 0.3 is 0 Å². The summed E-state index contributed by atoms with van der Waals surface area (Å²) in [5, 5.41) is 96.8. The molecule has 0 bridgehead atoms. The number of rotatable bonds is 15. The predicted molar refractivity (Wildman–Crippen MR) is 205 cm³/mol. The van der Waals surface area contributed by atoms with Gasteiger partial charge in [0.25, 0.3) is 0 Å². The van der Waals surface area contributed by atoms with Gasteiger partial charge in [0.1, 0.15) is 12.2 Å². The van der Waals surface area contributed by atoms with E-state index >= 15 is 0 Å². The van der Waals surface area contributed by atoms with Crippen LogP contribution in [-0.4, -0.2) is 142 Å². The van der Waals surface area contributed by atoms with Gasteiger partial charge in [0.2, 0.25) is 5.91 Å². The molecule has 15 heteroatoms. The van der Waals surface area contributed by atoms with Crippen LogP contribution in [0.3, 0.4) is 0 Å². The van der Waals surface area contributed by atoms with Crippen molar-refractivity contribution in [1.82, 2.24) is 0 Å². The van der Waals surface area contributed by atoms with E-state index in [9.17, 15) is 14.4 Å². The van der Waals surface area contributed by atoms with Crippen LogP contribution in [0.2, 0.25) is 0 Å². The molecular weight excluding hydrogens is 682 g/mol. The summed E-state index contributed by atoms with van der Waals surface area (Å²) in [5.74, 6) is -1.23. The van der Waals surface area contributed by atoms with Crippen LogP contribution in [0.15, 0.2) is 0 Å². The number of aliphatic hydroxyl groups excluding tert-OH is 11. The number of nitrogens with two attached hydrogens (primary N) is 1. The van der Waals surface area contributed by atoms with Gasteiger partial charge in [-0.25, -0.2) is 0 Å². The van der Waals surface area contributed by atoms with Crippen LogP contribution in [0, 0.1) is 35.5 Å². The second-order valence-electron chi connectivity index (χ2n) is 14.4. The van der Waals surface area contributed by atoms with Crippen LogP contribution in [0.1, 0.15) is 118 Å². The zero-order chi connectivity index (χ0) is 42.5. The van der Waals surface area contributed by atoms with Crippen molar-refractivity contribution < 1.29 is 70.6 Å². The SMILES string of the molecule is C.CC(=O)C(O)C(O)C(C)C.CC(=O)[C@H](O)[C@@H](O)C(C)C.CC(C)[C@@H](O)CO.CC(C)[C@@H](O)[C@H](O)C(N)=O.CC(C)[C@H](O)CO.CCC(O)C(C)C. The Morgan fingerprint density at radius 3 is 0.692 bits per heavy atom. The van der Waals surface area contributed by atoms with Crippen LogP contribution in [0.25, 0.3) is 0 Å². The van der Waals surface area contributed by atoms with Crippen molar-refractivity contribution in [3.05, 3.63) is 0 Å². The van der Waals surface area contributed by atoms with Crippen molar-refractivity contribution in [3.8, 4) is 0 Å². The molecule has 0 saturated carbocycles. The Hall–Kier alpha value is -1.63. The summed E-state index contributed by atoms with van der Waals surface area (Å²) >= 11 is 0. The lowest BCUT2D eigenvalue weighted by atomic mass is 10.00. The number of amides is 1. The predicted octanol–water partition coefficient (Wildman–Crippen LogP) is 0.797. The minimum atomic E-state index is -1.44. The Morgan fingerprint density at radius 2 is 0.654 bits per heavy atom. The highest BCUT2D eigenvalue weighted by Crippen LogP contribution is 2.08. The zero-order valence-electron chi connectivity index (χ0n) is 34.0. The quantitative estimate of drug-likeness (QED) is 0.110. The third-order valence-electron chi connectivity index (χ3n) is 7.25. The highest BCUT2D eigenvalue weighted by molar-refractivity contribution is 5.81. The standard InChI is InChI=1S/2C7H14O3.C6H13NO3.C6H14O.2C5H12O2.CH4/c2*1-4(2)6(9)7(10)5(3)8;1-3(2)4(8)5(9)6(7)10;1-4-6(7)5(2)3;2*1-4(2)5(7)3-6;/h2*4,6-7,9-10H,1-3H3;3-5,8-9H,1-2H3,(H2,7,10);5-7H,4H2,1-3H3;2*4-7H,3H2,1-2H3;1H4/t6-,7-;;4-,5+;;2*5-;/m0.1.10./s1. The number of Topliss-reactive ketones (excluding diaryl/α,β-unsaturated/α-hetero) is 2. The molecule has 15 nitrogen and oxygen atoms in total. The molecule has 9 atom stereocenters. The van der Waals surface area contributed by atoms with Crippen molar-refractivity contribution in [2.75, 3.05) is 13.2 Å². The minimum Gasteiger partial charge on any atom is -0.394 e. The second kappa shape index (κ2) is 37.7. The largest absolute Gasteiger partial charge is 0.394 e. The van der Waals surface area contributed by atoms with Gasteiger partial charge in [0.05, 0.1) is 49.8 Å². The smallest absolute Gasteiger partial charge is 0.248 e. The van der Waals surface area contributed by atoms with Gasteiger partial charge in [-0.3, -0.25) is 14.4 Å². The fourth-order valence-electron chi connectivity index (χ4n) is 2.64. The van der Waals surface area contributed by atoms with Gasteiger partial charge < -0.3 is 61.9 Å². The number of carbonyl (C=O) groups is 3. The lowest BCUT2D eigenvalue weighted by Gasteiger charge is -2.17. The average Bonchev–Trinajstić information content (AvgIpc) is 3.05. The number of hydrogen-bond acceptors (Lipinski definition) is 14. The Balaban J connectivity index is -0.0000000939. The average molecular weight is 766 g/mol. The monoisotopic (exact) mass is 766 g/mol. The summed E-state index contributed by atoms with van der Waals surface area (Å²) in [4.78, 5) is 31.2. The zero-order valence-corrected chi connectivity index (χ0v) is 34.0. The van der Waals surface area contributed by atoms with Crippen molar-refractivity contribution in [3.63, 3.8) is 0 Å². The lowest BCUT2D eigenvalue weighted by Crippen LogP contribution is -2.41. The minimum absolute atomic E-state index is 0. The molecule has 52 heavy (non-hydrogen) atoms. The Bertz CT molecular complexity index is 720. The van der Waals surface area contributed by atoms with E-state index in [4.69, 9.17) is 61.9 Å². The van der Waals surface area contributed by atoms with E-state index in [0.717, 1.165) is 6.42 Å². The van der Waals surface area contributed by atoms with Gasteiger partial charge in [-0.05, 0) is 55.8 Å². The molecule has 0 spiro atoms. The molecule has 0 aliphatic rings. The molecule has 1 amide bonds. The summed E-state index contributed by atoms with van der Waals surface area (Å²) in [6, 6.07) is 0. The summed E-state index contributed by atoms with van der Waals surface area (Å²) in [6.45, 7) is 26.1. The van der Waals surface area contributed by atoms with Crippen molar-refractivity contribution in [2.45, 2.75) is 173 Å². The first-order valence-electron chi connectivity index (χ1n) is 17.6. The van der Waals surface area contributed by atoms with E-state index in [0.29, 0.717) is 5.92 Å². The van der Waals surface area contributed by atoms with Gasteiger partial charge in [-0.2, -0.15) is 0 Å². The Kier molecular flexibility index (Phi) is 47.3. The third kappa shape index (κ3) is 39.6. The molecule has 0 heterocycles. The fourth-order valence-corrected chi connectivity index (χ4v) is 2.64. The van der Waals surface area contributed by atoms with Crippen molar-refractivity contribution >= 4 is 17.5 Å². The summed E-state index contributed by atoms with van der Waals surface area (Å²) in [5.41, 5.74) is 4.73. The molecule has 0 aliphatic heterocycles. The number of ketones is 2. The van der Waals surface area contributed by atoms with Crippen LogP contribution in [0.4, 0.5) is 0 Å². The van der Waals surface area contributed by atoms with Crippen LogP contribution >= 0.6 is 0 Å². The topological polar surface area (TPSA) is 300 Å². The van der Waals surface area contributed by atoms with E-state index in [2.05, 4.69) is 0 Å². The molecule has 0 aromatic rings. The molecule has 0 saturated heterocycles. The highest BCUT2D eigenvalue weighted by atomic mass is 16.3. The fraction of sp³-hybridized carbons (Fsp3) is 0.919. The maximum Gasteiger partial charge on any atom is 0.248 e. The number of carbonyl (C=O) groups excluding carboxylic acids is 3. The first kappa shape index (κ1) is 65.3. The molecule has 0 aliphatic carbocycles. The van der Waals surface area contributed by atoms with E-state index in [1.54, 1.807) is 41.5 Å².